The minimum absolute atomic E-state index is 0.208. The minimum Gasteiger partial charge on any atom is -0.319 e. The number of hydrogen-bond acceptors (Lipinski definition) is 4. The lowest BCUT2D eigenvalue weighted by atomic mass is 9.93. The molecule has 0 radical (unpaired) electrons. The fraction of sp³-hybridized carbons (Fsp3) is 0.200. The molecule has 0 unspecified atom stereocenters. The van der Waals surface area contributed by atoms with Crippen molar-refractivity contribution in [3.05, 3.63) is 60.2 Å². The van der Waals surface area contributed by atoms with Gasteiger partial charge in [0.25, 0.3) is 5.91 Å². The third-order valence-electron chi connectivity index (χ3n) is 3.60. The van der Waals surface area contributed by atoms with E-state index >= 15 is 0 Å². The second-order valence-electron chi connectivity index (χ2n) is 5.04. The molecule has 1 aliphatic rings. The molecule has 1 atom stereocenters. The molecule has 2 aromatic rings. The average molecular weight is 282 g/mol. The number of hydrogen-bond donors (Lipinski definition) is 1. The Balaban J connectivity index is 1.89. The molecule has 6 nitrogen and oxygen atoms in total. The Hall–Kier alpha value is -2.76. The number of amides is 3. The van der Waals surface area contributed by atoms with E-state index in [9.17, 15) is 9.59 Å². The quantitative estimate of drug-likeness (QED) is 0.864. The van der Waals surface area contributed by atoms with Crippen molar-refractivity contribution in [2.45, 2.75) is 19.0 Å². The lowest BCUT2D eigenvalue weighted by Gasteiger charge is -2.21. The Kier molecular flexibility index (Phi) is 3.13. The zero-order chi connectivity index (χ0) is 14.9. The monoisotopic (exact) mass is 282 g/mol. The predicted molar refractivity (Wildman–Crippen MR) is 74.9 cm³/mol. The Morgan fingerprint density at radius 2 is 1.90 bits per heavy atom. The van der Waals surface area contributed by atoms with Crippen LogP contribution in [0, 0.1) is 0 Å². The first kappa shape index (κ1) is 13.2. The van der Waals surface area contributed by atoms with Gasteiger partial charge in [0.1, 0.15) is 5.54 Å². The molecule has 1 aliphatic heterocycles. The Morgan fingerprint density at radius 1 is 1.14 bits per heavy atom. The van der Waals surface area contributed by atoms with E-state index in [0.29, 0.717) is 5.56 Å². The summed E-state index contributed by atoms with van der Waals surface area (Å²) < 4.78 is 0. The van der Waals surface area contributed by atoms with Crippen molar-refractivity contribution in [2.24, 2.45) is 0 Å². The van der Waals surface area contributed by atoms with Crippen LogP contribution in [0.1, 0.15) is 18.1 Å². The summed E-state index contributed by atoms with van der Waals surface area (Å²) in [5, 5.41) is 2.76. The van der Waals surface area contributed by atoms with E-state index in [0.717, 1.165) is 5.56 Å². The van der Waals surface area contributed by atoms with E-state index in [1.165, 1.54) is 4.90 Å². The van der Waals surface area contributed by atoms with Gasteiger partial charge >= 0.3 is 6.03 Å². The first-order chi connectivity index (χ1) is 10.1. The molecular weight excluding hydrogens is 268 g/mol. The van der Waals surface area contributed by atoms with E-state index in [1.54, 1.807) is 49.9 Å². The van der Waals surface area contributed by atoms with Crippen molar-refractivity contribution in [2.75, 3.05) is 0 Å². The summed E-state index contributed by atoms with van der Waals surface area (Å²) >= 11 is 0. The summed E-state index contributed by atoms with van der Waals surface area (Å²) in [4.78, 5) is 33.9. The maximum absolute atomic E-state index is 12.6. The summed E-state index contributed by atoms with van der Waals surface area (Å²) in [7, 11) is 0. The topological polar surface area (TPSA) is 75.2 Å². The van der Waals surface area contributed by atoms with E-state index in [-0.39, 0.29) is 12.5 Å². The first-order valence-corrected chi connectivity index (χ1v) is 6.55. The zero-order valence-electron chi connectivity index (χ0n) is 11.5. The highest BCUT2D eigenvalue weighted by Gasteiger charge is 2.48. The molecule has 3 heterocycles. The Morgan fingerprint density at radius 3 is 2.57 bits per heavy atom. The largest absolute Gasteiger partial charge is 0.325 e. The number of pyridine rings is 2. The van der Waals surface area contributed by atoms with Crippen LogP contribution in [0.25, 0.3) is 0 Å². The summed E-state index contributed by atoms with van der Waals surface area (Å²) in [5.74, 6) is -0.275. The van der Waals surface area contributed by atoms with Gasteiger partial charge in [-0.25, -0.2) is 4.79 Å². The second kappa shape index (κ2) is 4.97. The van der Waals surface area contributed by atoms with E-state index in [4.69, 9.17) is 0 Å². The molecule has 6 heteroatoms. The van der Waals surface area contributed by atoms with Gasteiger partial charge in [-0.1, -0.05) is 6.07 Å². The molecule has 0 aromatic carbocycles. The number of imide groups is 1. The number of nitrogens with one attached hydrogen (secondary N) is 1. The van der Waals surface area contributed by atoms with Crippen molar-refractivity contribution in [3.63, 3.8) is 0 Å². The molecule has 0 saturated carbocycles. The minimum atomic E-state index is -1.05. The van der Waals surface area contributed by atoms with Crippen LogP contribution in [0.4, 0.5) is 4.79 Å². The fourth-order valence-electron chi connectivity index (χ4n) is 2.40. The van der Waals surface area contributed by atoms with E-state index in [2.05, 4.69) is 15.3 Å². The van der Waals surface area contributed by atoms with Gasteiger partial charge in [-0.15, -0.1) is 0 Å². The highest BCUT2D eigenvalue weighted by molar-refractivity contribution is 6.07. The van der Waals surface area contributed by atoms with Crippen LogP contribution in [-0.4, -0.2) is 26.8 Å². The van der Waals surface area contributed by atoms with Crippen molar-refractivity contribution in [1.29, 1.82) is 0 Å². The molecule has 1 fully saturated rings. The molecule has 1 N–H and O–H groups in total. The Bertz CT molecular complexity index is 675. The maximum atomic E-state index is 12.6. The normalized spacial score (nSPS) is 21.5. The van der Waals surface area contributed by atoms with Crippen molar-refractivity contribution < 1.29 is 9.59 Å². The van der Waals surface area contributed by atoms with Gasteiger partial charge in [0.2, 0.25) is 0 Å². The summed E-state index contributed by atoms with van der Waals surface area (Å²) in [6.45, 7) is 1.91. The molecule has 21 heavy (non-hydrogen) atoms. The van der Waals surface area contributed by atoms with Gasteiger partial charge in [-0.2, -0.15) is 0 Å². The number of carbonyl (C=O) groups is 2. The van der Waals surface area contributed by atoms with Gasteiger partial charge in [0.15, 0.2) is 0 Å². The predicted octanol–water partition coefficient (Wildman–Crippen LogP) is 1.44. The van der Waals surface area contributed by atoms with E-state index < -0.39 is 11.6 Å². The van der Waals surface area contributed by atoms with Crippen LogP contribution in [-0.2, 0) is 16.9 Å². The molecule has 0 spiro atoms. The molecule has 2 aromatic heterocycles. The van der Waals surface area contributed by atoms with Crippen LogP contribution in [0.2, 0.25) is 0 Å². The second-order valence-corrected chi connectivity index (χ2v) is 5.04. The fourth-order valence-corrected chi connectivity index (χ4v) is 2.40. The molecule has 3 rings (SSSR count). The standard InChI is InChI=1S/C15H14N4O2/c1-15(12-4-7-16-8-5-12)13(20)19(14(21)18-15)10-11-3-2-6-17-9-11/h2-9H,10H2,1H3,(H,18,21)/t15-/m0/s1. The summed E-state index contributed by atoms with van der Waals surface area (Å²) in [6, 6.07) is 6.66. The highest BCUT2D eigenvalue weighted by Crippen LogP contribution is 2.29. The van der Waals surface area contributed by atoms with Gasteiger partial charge in [0, 0.05) is 24.8 Å². The van der Waals surface area contributed by atoms with E-state index in [1.807, 2.05) is 6.07 Å². The highest BCUT2D eigenvalue weighted by atomic mass is 16.2. The van der Waals surface area contributed by atoms with Crippen molar-refractivity contribution in [1.82, 2.24) is 20.2 Å². The molecule has 106 valence electrons. The Labute approximate surface area is 121 Å². The lowest BCUT2D eigenvalue weighted by molar-refractivity contribution is -0.131. The van der Waals surface area contributed by atoms with Crippen molar-refractivity contribution >= 4 is 11.9 Å². The molecular formula is C15H14N4O2. The number of aromatic nitrogens is 2. The van der Waals surface area contributed by atoms with Gasteiger partial charge in [-0.05, 0) is 36.2 Å². The maximum Gasteiger partial charge on any atom is 0.325 e. The SMILES string of the molecule is C[C@@]1(c2ccncc2)NC(=O)N(Cc2cccnc2)C1=O. The van der Waals surface area contributed by atoms with Gasteiger partial charge in [-0.3, -0.25) is 19.7 Å². The molecule has 1 saturated heterocycles. The third kappa shape index (κ3) is 2.24. The van der Waals surface area contributed by atoms with Crippen LogP contribution in [0.5, 0.6) is 0 Å². The number of nitrogens with zero attached hydrogens (tertiary/aromatic N) is 3. The summed E-state index contributed by atoms with van der Waals surface area (Å²) in [6.07, 6.45) is 6.49. The first-order valence-electron chi connectivity index (χ1n) is 6.55. The zero-order valence-corrected chi connectivity index (χ0v) is 11.5. The molecule has 3 amide bonds. The van der Waals surface area contributed by atoms with Crippen LogP contribution in [0.15, 0.2) is 49.1 Å². The number of urea groups is 1. The van der Waals surface area contributed by atoms with Crippen LogP contribution >= 0.6 is 0 Å². The third-order valence-corrected chi connectivity index (χ3v) is 3.60. The van der Waals surface area contributed by atoms with Gasteiger partial charge in [0.05, 0.1) is 6.54 Å². The average Bonchev–Trinajstić information content (AvgIpc) is 2.74. The smallest absolute Gasteiger partial charge is 0.319 e. The van der Waals surface area contributed by atoms with Crippen LogP contribution in [0.3, 0.4) is 0 Å². The van der Waals surface area contributed by atoms with Crippen LogP contribution < -0.4 is 5.32 Å². The number of rotatable bonds is 3. The lowest BCUT2D eigenvalue weighted by Crippen LogP contribution is -2.40. The van der Waals surface area contributed by atoms with Gasteiger partial charge < -0.3 is 5.32 Å². The summed E-state index contributed by atoms with van der Waals surface area (Å²) in [5.41, 5.74) is 0.465. The van der Waals surface area contributed by atoms with Crippen molar-refractivity contribution in [3.8, 4) is 0 Å². The molecule has 0 aliphatic carbocycles. The molecule has 0 bridgehead atoms. The number of carbonyl (C=O) groups excluding carboxylic acids is 2.